The summed E-state index contributed by atoms with van der Waals surface area (Å²) in [6.07, 6.45) is 14.4. The van der Waals surface area contributed by atoms with E-state index in [-0.39, 0.29) is 24.8 Å². The van der Waals surface area contributed by atoms with Crippen molar-refractivity contribution in [3.05, 3.63) is 116 Å². The van der Waals surface area contributed by atoms with Gasteiger partial charge >= 0.3 is 257 Å². The van der Waals surface area contributed by atoms with Gasteiger partial charge in [-0.2, -0.15) is 0 Å². The third-order valence-corrected chi connectivity index (χ3v) is 21.3. The Hall–Kier alpha value is -1.53. The van der Waals surface area contributed by atoms with E-state index in [9.17, 15) is 0 Å². The van der Waals surface area contributed by atoms with Gasteiger partial charge in [0.1, 0.15) is 0 Å². The van der Waals surface area contributed by atoms with Crippen LogP contribution in [0.3, 0.4) is 0 Å². The summed E-state index contributed by atoms with van der Waals surface area (Å²) in [7, 11) is 0. The first-order valence-electron chi connectivity index (χ1n) is 16.4. The fraction of sp³-hybridized carbons (Fsp3) is 0.425. The Balaban J connectivity index is 0.00000165. The number of hydrogen-bond acceptors (Lipinski definition) is 0. The number of fused-ring (bicyclic) bond motifs is 3. The van der Waals surface area contributed by atoms with Crippen LogP contribution in [0.2, 0.25) is 0 Å². The Kier molecular flexibility index (Phi) is 9.03. The van der Waals surface area contributed by atoms with Gasteiger partial charge in [0.25, 0.3) is 0 Å². The van der Waals surface area contributed by atoms with Gasteiger partial charge in [0.15, 0.2) is 0 Å². The zero-order valence-electron chi connectivity index (χ0n) is 25.9. The van der Waals surface area contributed by atoms with Gasteiger partial charge in [-0.3, -0.25) is 0 Å². The molecule has 6 aliphatic carbocycles. The van der Waals surface area contributed by atoms with Crippen LogP contribution in [0.5, 0.6) is 0 Å². The molecule has 0 amide bonds. The molecule has 4 fully saturated rings. The second kappa shape index (κ2) is 12.3. The number of hydrogen-bond donors (Lipinski definition) is 0. The second-order valence-corrected chi connectivity index (χ2v) is 20.6. The van der Waals surface area contributed by atoms with Crippen LogP contribution in [0.4, 0.5) is 0 Å². The van der Waals surface area contributed by atoms with E-state index >= 15 is 0 Å². The van der Waals surface area contributed by atoms with E-state index in [1.807, 2.05) is 3.28 Å². The first kappa shape index (κ1) is 31.5. The summed E-state index contributed by atoms with van der Waals surface area (Å²) in [6.45, 7) is 7.54. The largest absolute Gasteiger partial charge is 1.00 e. The van der Waals surface area contributed by atoms with Gasteiger partial charge in [-0.05, 0) is 0 Å². The molecule has 6 aliphatic rings. The Bertz CT molecular complexity index is 1530. The molecule has 4 bridgehead atoms. The normalized spacial score (nSPS) is 28.5. The van der Waals surface area contributed by atoms with Crippen LogP contribution in [0, 0.1) is 29.1 Å². The zero-order valence-corrected chi connectivity index (χ0v) is 29.9. The average molecular weight is 687 g/mol. The predicted octanol–water partition coefficient (Wildman–Crippen LogP) is 4.47. The maximum absolute atomic E-state index is 2.76. The van der Waals surface area contributed by atoms with Crippen LogP contribution in [0.15, 0.2) is 99.4 Å². The van der Waals surface area contributed by atoms with Gasteiger partial charge < -0.3 is 24.8 Å². The molecule has 9 rings (SSSR count). The molecule has 3 heteroatoms. The van der Waals surface area contributed by atoms with Crippen molar-refractivity contribution in [2.45, 2.75) is 75.8 Å². The van der Waals surface area contributed by atoms with Crippen LogP contribution in [-0.2, 0) is 21.3 Å². The van der Waals surface area contributed by atoms with Crippen molar-refractivity contribution >= 4 is 3.21 Å². The number of allylic oxidation sites excluding steroid dienone is 4. The van der Waals surface area contributed by atoms with Crippen molar-refractivity contribution in [2.75, 3.05) is 0 Å². The minimum atomic E-state index is -2.50. The van der Waals surface area contributed by atoms with Crippen molar-refractivity contribution < 1.29 is 46.1 Å². The molecule has 1 unspecified atom stereocenters. The summed E-state index contributed by atoms with van der Waals surface area (Å²) in [5.41, 5.74) is 11.7. The Labute approximate surface area is 279 Å². The van der Waals surface area contributed by atoms with Gasteiger partial charge in [-0.1, -0.05) is 0 Å². The molecule has 0 aromatic heterocycles. The van der Waals surface area contributed by atoms with E-state index in [0.29, 0.717) is 15.0 Å². The summed E-state index contributed by atoms with van der Waals surface area (Å²) in [5.74, 6) is 3.65. The topological polar surface area (TPSA) is 0 Å². The summed E-state index contributed by atoms with van der Waals surface area (Å²) < 4.78 is 4.25. The molecule has 3 aromatic rings. The van der Waals surface area contributed by atoms with E-state index in [4.69, 9.17) is 0 Å². The minimum Gasteiger partial charge on any atom is -1.00 e. The van der Waals surface area contributed by atoms with E-state index in [1.54, 1.807) is 25.5 Å². The van der Waals surface area contributed by atoms with Crippen molar-refractivity contribution in [2.24, 2.45) is 29.1 Å². The van der Waals surface area contributed by atoms with Gasteiger partial charge in [0.2, 0.25) is 0 Å². The van der Waals surface area contributed by atoms with Gasteiger partial charge in [0.05, 0.1) is 0 Å². The molecule has 0 N–H and O–H groups in total. The first-order valence-corrected chi connectivity index (χ1v) is 20.3. The molecule has 1 atom stereocenters. The van der Waals surface area contributed by atoms with Gasteiger partial charge in [-0.15, -0.1) is 0 Å². The Morgan fingerprint density at radius 3 is 1.79 bits per heavy atom. The number of halogens is 2. The van der Waals surface area contributed by atoms with Gasteiger partial charge in [0, 0.05) is 0 Å². The monoisotopic (exact) mass is 684 g/mol. The molecular weight excluding hydrogens is 643 g/mol. The SMILES string of the molecule is CC/[C](c1ccccc1)=[Zr+2](\[C]1=C(C)C(CC23CC4CC(CC(C4)C2)C3)=CC1C)[CH]1c2ccccc2-c2ccccc21.[Cl-].[Cl-]. The second-order valence-electron chi connectivity index (χ2n) is 14.3. The van der Waals surface area contributed by atoms with Crippen LogP contribution in [0.25, 0.3) is 11.1 Å². The molecule has 0 nitrogen and oxygen atoms in total. The molecule has 222 valence electrons. The summed E-state index contributed by atoms with van der Waals surface area (Å²) in [5, 5.41) is 0. The Morgan fingerprint density at radius 1 is 0.744 bits per heavy atom. The maximum atomic E-state index is 2.76. The molecule has 4 saturated carbocycles. The van der Waals surface area contributed by atoms with Crippen LogP contribution >= 0.6 is 0 Å². The third kappa shape index (κ3) is 5.28. The standard InChI is InChI=1S/C18H25.C13H9.C9H10.2ClH.Zr/c1-12-3-13(2)17(4-12)11-18-8-14-5-15(9-18)7-16(6-14)10-18;1-3-7-12-10(5-1)9-11-6-2-4-8-13(11)12;1-2-6-9-7-4-3-5-8-9;;;/h4,12,14-16H,5-11H2,1-2H3;1-9H;3-5,7-8H,2H2,1H3;2*1H;/q;;;;;+2/p-2. The number of rotatable bonds is 6. The van der Waals surface area contributed by atoms with Gasteiger partial charge in [-0.25, -0.2) is 0 Å². The fourth-order valence-electron chi connectivity index (χ4n) is 10.7. The van der Waals surface area contributed by atoms with E-state index < -0.39 is 21.3 Å². The van der Waals surface area contributed by atoms with E-state index in [1.165, 1.54) is 61.6 Å². The maximum Gasteiger partial charge on any atom is -1.00 e. The summed E-state index contributed by atoms with van der Waals surface area (Å²) in [4.78, 5) is 0. The molecular formula is C40H44Cl2Zr. The molecule has 0 spiro atoms. The molecule has 0 saturated heterocycles. The van der Waals surface area contributed by atoms with Crippen LogP contribution < -0.4 is 24.8 Å². The summed E-state index contributed by atoms with van der Waals surface area (Å²) in [6, 6.07) is 30.3. The quantitative estimate of drug-likeness (QED) is 0.360. The van der Waals surface area contributed by atoms with Crippen molar-refractivity contribution in [1.82, 2.24) is 0 Å². The predicted molar refractivity (Wildman–Crippen MR) is 170 cm³/mol. The third-order valence-electron chi connectivity index (χ3n) is 11.7. The van der Waals surface area contributed by atoms with E-state index in [0.717, 1.165) is 24.2 Å². The minimum absolute atomic E-state index is 0. The van der Waals surface area contributed by atoms with Crippen LogP contribution in [0.1, 0.15) is 92.5 Å². The smallest absolute Gasteiger partial charge is 1.00 e. The van der Waals surface area contributed by atoms with E-state index in [2.05, 4.69) is 106 Å². The number of benzene rings is 3. The molecule has 0 aliphatic heterocycles. The summed E-state index contributed by atoms with van der Waals surface area (Å²) >= 11 is -2.50. The molecule has 43 heavy (non-hydrogen) atoms. The first-order chi connectivity index (χ1) is 20.0. The van der Waals surface area contributed by atoms with Crippen molar-refractivity contribution in [3.63, 3.8) is 0 Å². The van der Waals surface area contributed by atoms with Crippen LogP contribution in [-0.4, -0.2) is 3.21 Å². The Morgan fingerprint density at radius 2 is 1.26 bits per heavy atom. The fourth-order valence-corrected chi connectivity index (χ4v) is 20.8. The molecule has 0 radical (unpaired) electrons. The van der Waals surface area contributed by atoms with Crippen molar-refractivity contribution in [1.29, 1.82) is 0 Å². The average Bonchev–Trinajstić information content (AvgIpc) is 3.44. The molecule has 0 heterocycles. The molecule has 3 aromatic carbocycles. The van der Waals surface area contributed by atoms with Crippen molar-refractivity contribution in [3.8, 4) is 11.1 Å². The zero-order chi connectivity index (χ0) is 27.7.